The van der Waals surface area contributed by atoms with Gasteiger partial charge in [-0.1, -0.05) is 44.2 Å². The third kappa shape index (κ3) is 3.93. The summed E-state index contributed by atoms with van der Waals surface area (Å²) in [6.07, 6.45) is 0.0419. The summed E-state index contributed by atoms with van der Waals surface area (Å²) < 4.78 is 11.1. The minimum atomic E-state index is -0.471. The van der Waals surface area contributed by atoms with Crippen molar-refractivity contribution in [2.75, 3.05) is 14.1 Å². The average Bonchev–Trinajstić information content (AvgIpc) is 2.65. The molecule has 0 aliphatic rings. The number of hydrogen-bond acceptors (Lipinski definition) is 4. The fourth-order valence-corrected chi connectivity index (χ4v) is 3.16. The molecule has 28 heavy (non-hydrogen) atoms. The van der Waals surface area contributed by atoms with Crippen LogP contribution in [0.4, 0.5) is 4.79 Å². The number of hydrogen-bond donors (Lipinski definition) is 0. The molecule has 1 aromatic heterocycles. The molecule has 0 saturated heterocycles. The molecule has 3 rings (SSSR count). The number of ether oxygens (including phenoxy) is 1. The van der Waals surface area contributed by atoms with Crippen LogP contribution in [0.25, 0.3) is 11.0 Å². The van der Waals surface area contributed by atoms with Crippen LogP contribution in [-0.2, 0) is 6.42 Å². The normalized spacial score (nSPS) is 11.1. The molecular weight excluding hydrogens is 354 g/mol. The van der Waals surface area contributed by atoms with Gasteiger partial charge in [-0.25, -0.2) is 9.59 Å². The van der Waals surface area contributed by atoms with Gasteiger partial charge in [-0.15, -0.1) is 0 Å². The number of benzene rings is 2. The van der Waals surface area contributed by atoms with E-state index in [9.17, 15) is 9.59 Å². The Hall–Kier alpha value is -3.08. The number of carbonyl (C=O) groups excluding carboxylic acids is 1. The van der Waals surface area contributed by atoms with Gasteiger partial charge in [0.05, 0.1) is 0 Å². The van der Waals surface area contributed by atoms with Crippen molar-refractivity contribution >= 4 is 17.1 Å². The Balaban J connectivity index is 2.14. The lowest BCUT2D eigenvalue weighted by Gasteiger charge is -2.17. The van der Waals surface area contributed by atoms with Gasteiger partial charge in [0, 0.05) is 37.5 Å². The van der Waals surface area contributed by atoms with Gasteiger partial charge in [-0.3, -0.25) is 0 Å². The summed E-state index contributed by atoms with van der Waals surface area (Å²) in [6.45, 7) is 6.01. The monoisotopic (exact) mass is 379 g/mol. The molecule has 0 saturated carbocycles. The molecule has 0 N–H and O–H groups in total. The summed E-state index contributed by atoms with van der Waals surface area (Å²) >= 11 is 0. The quantitative estimate of drug-likeness (QED) is 0.607. The summed E-state index contributed by atoms with van der Waals surface area (Å²) in [5.41, 5.74) is 3.54. The molecule has 146 valence electrons. The Morgan fingerprint density at radius 3 is 2.43 bits per heavy atom. The van der Waals surface area contributed by atoms with Crippen LogP contribution in [0.15, 0.2) is 51.7 Å². The van der Waals surface area contributed by atoms with Crippen molar-refractivity contribution in [2.45, 2.75) is 33.1 Å². The fourth-order valence-electron chi connectivity index (χ4n) is 3.16. The van der Waals surface area contributed by atoms with E-state index in [4.69, 9.17) is 9.15 Å². The highest BCUT2D eigenvalue weighted by Gasteiger charge is 2.19. The molecule has 0 atom stereocenters. The molecule has 0 unspecified atom stereocenters. The fraction of sp³-hybridized carbons (Fsp3) is 0.304. The van der Waals surface area contributed by atoms with Crippen molar-refractivity contribution in [1.82, 2.24) is 4.90 Å². The third-order valence-electron chi connectivity index (χ3n) is 4.83. The summed E-state index contributed by atoms with van der Waals surface area (Å²) in [4.78, 5) is 26.0. The summed E-state index contributed by atoms with van der Waals surface area (Å²) in [5.74, 6) is 0.554. The summed E-state index contributed by atoms with van der Waals surface area (Å²) in [5, 5.41) is 0.860. The lowest BCUT2D eigenvalue weighted by atomic mass is 9.95. The standard InChI is InChI=1S/C23H25NO4/c1-14(2)17-12-18-15(3)19(11-16-9-7-6-8-10-16)22(25)27-21(18)13-20(17)28-23(26)24(4)5/h6-10,12-14H,11H2,1-5H3. The second kappa shape index (κ2) is 7.89. The van der Waals surface area contributed by atoms with E-state index in [2.05, 4.69) is 0 Å². The predicted molar refractivity (Wildman–Crippen MR) is 110 cm³/mol. The van der Waals surface area contributed by atoms with Gasteiger partial charge < -0.3 is 14.1 Å². The van der Waals surface area contributed by atoms with Crippen molar-refractivity contribution < 1.29 is 13.9 Å². The number of rotatable bonds is 4. The summed E-state index contributed by atoms with van der Waals surface area (Å²) in [6, 6.07) is 13.5. The van der Waals surface area contributed by atoms with Crippen LogP contribution in [-0.4, -0.2) is 25.1 Å². The minimum Gasteiger partial charge on any atom is -0.422 e. The molecule has 0 fully saturated rings. The van der Waals surface area contributed by atoms with Crippen LogP contribution in [0.5, 0.6) is 5.75 Å². The average molecular weight is 379 g/mol. The van der Waals surface area contributed by atoms with Gasteiger partial charge in [0.25, 0.3) is 0 Å². The number of nitrogens with zero attached hydrogens (tertiary/aromatic N) is 1. The Kier molecular flexibility index (Phi) is 5.54. The van der Waals surface area contributed by atoms with E-state index >= 15 is 0 Å². The SMILES string of the molecule is Cc1c(Cc2ccccc2)c(=O)oc2cc(OC(=O)N(C)C)c(C(C)C)cc12. The Morgan fingerprint density at radius 2 is 1.82 bits per heavy atom. The van der Waals surface area contributed by atoms with Crippen molar-refractivity contribution in [1.29, 1.82) is 0 Å². The van der Waals surface area contributed by atoms with Gasteiger partial charge in [0.15, 0.2) is 0 Å². The summed E-state index contributed by atoms with van der Waals surface area (Å²) in [7, 11) is 3.25. The molecule has 0 aliphatic heterocycles. The number of fused-ring (bicyclic) bond motifs is 1. The van der Waals surface area contributed by atoms with E-state index in [0.29, 0.717) is 23.3 Å². The molecule has 5 nitrogen and oxygen atoms in total. The zero-order valence-corrected chi connectivity index (χ0v) is 16.9. The highest BCUT2D eigenvalue weighted by atomic mass is 16.6. The third-order valence-corrected chi connectivity index (χ3v) is 4.83. The van der Waals surface area contributed by atoms with Crippen molar-refractivity contribution in [3.05, 3.63) is 75.1 Å². The Morgan fingerprint density at radius 1 is 1.14 bits per heavy atom. The molecule has 1 heterocycles. The van der Waals surface area contributed by atoms with Gasteiger partial charge in [0.1, 0.15) is 11.3 Å². The van der Waals surface area contributed by atoms with Gasteiger partial charge in [-0.2, -0.15) is 0 Å². The van der Waals surface area contributed by atoms with Crippen LogP contribution in [0.1, 0.15) is 42.0 Å². The van der Waals surface area contributed by atoms with Crippen molar-refractivity contribution in [2.24, 2.45) is 0 Å². The largest absolute Gasteiger partial charge is 0.422 e. The molecule has 0 bridgehead atoms. The smallest absolute Gasteiger partial charge is 0.414 e. The highest BCUT2D eigenvalue weighted by molar-refractivity contribution is 5.85. The first-order chi connectivity index (χ1) is 13.3. The maximum Gasteiger partial charge on any atom is 0.414 e. The zero-order valence-electron chi connectivity index (χ0n) is 16.9. The Labute approximate surface area is 164 Å². The molecule has 5 heteroatoms. The topological polar surface area (TPSA) is 59.8 Å². The second-order valence-electron chi connectivity index (χ2n) is 7.46. The van der Waals surface area contributed by atoms with Gasteiger partial charge >= 0.3 is 11.7 Å². The maximum absolute atomic E-state index is 12.6. The number of carbonyl (C=O) groups is 1. The highest BCUT2D eigenvalue weighted by Crippen LogP contribution is 2.33. The van der Waals surface area contributed by atoms with E-state index < -0.39 is 6.09 Å². The van der Waals surface area contributed by atoms with Crippen molar-refractivity contribution in [3.63, 3.8) is 0 Å². The van der Waals surface area contributed by atoms with E-state index in [1.807, 2.05) is 57.2 Å². The van der Waals surface area contributed by atoms with Gasteiger partial charge in [-0.05, 0) is 35.6 Å². The Bertz CT molecular complexity index is 1070. The maximum atomic E-state index is 12.6. The molecule has 0 aliphatic carbocycles. The van der Waals surface area contributed by atoms with E-state index in [-0.39, 0.29) is 11.5 Å². The molecular formula is C23H25NO4. The second-order valence-corrected chi connectivity index (χ2v) is 7.46. The lowest BCUT2D eigenvalue weighted by molar-refractivity contribution is 0.171. The minimum absolute atomic E-state index is 0.137. The zero-order chi connectivity index (χ0) is 20.4. The predicted octanol–water partition coefficient (Wildman–Crippen LogP) is 4.88. The first-order valence-electron chi connectivity index (χ1n) is 9.31. The van der Waals surface area contributed by atoms with Crippen LogP contribution in [0.3, 0.4) is 0 Å². The molecule has 2 aromatic carbocycles. The molecule has 0 radical (unpaired) electrons. The first-order valence-corrected chi connectivity index (χ1v) is 9.31. The van der Waals surface area contributed by atoms with Gasteiger partial charge in [0.2, 0.25) is 0 Å². The number of aryl methyl sites for hydroxylation is 1. The molecule has 0 spiro atoms. The van der Waals surface area contributed by atoms with Crippen LogP contribution >= 0.6 is 0 Å². The van der Waals surface area contributed by atoms with Crippen molar-refractivity contribution in [3.8, 4) is 5.75 Å². The van der Waals surface area contributed by atoms with Crippen LogP contribution in [0, 0.1) is 6.92 Å². The van der Waals surface area contributed by atoms with Crippen LogP contribution in [0.2, 0.25) is 0 Å². The number of amides is 1. The van der Waals surface area contributed by atoms with E-state index in [1.54, 1.807) is 20.2 Å². The van der Waals surface area contributed by atoms with E-state index in [1.165, 1.54) is 4.90 Å². The molecule has 1 amide bonds. The first kappa shape index (κ1) is 19.7. The van der Waals surface area contributed by atoms with Crippen LogP contribution < -0.4 is 10.4 Å². The molecule has 3 aromatic rings. The van der Waals surface area contributed by atoms with E-state index in [0.717, 1.165) is 22.1 Å². The lowest BCUT2D eigenvalue weighted by Crippen LogP contribution is -2.25.